The summed E-state index contributed by atoms with van der Waals surface area (Å²) in [5, 5.41) is 21.7. The minimum absolute atomic E-state index is 0. The predicted molar refractivity (Wildman–Crippen MR) is 121 cm³/mol. The van der Waals surface area contributed by atoms with Gasteiger partial charge in [-0.1, -0.05) is 35.5 Å². The number of aromatic nitrogens is 1. The number of anilines is 1. The number of quaternary nitrogens is 1. The topological polar surface area (TPSA) is 102 Å². The van der Waals surface area contributed by atoms with Gasteiger partial charge in [0.1, 0.15) is 12.8 Å². The van der Waals surface area contributed by atoms with Crippen LogP contribution >= 0.6 is 11.3 Å². The first-order valence-corrected chi connectivity index (χ1v) is 12.0. The highest BCUT2D eigenvalue weighted by atomic mass is 79.9. The van der Waals surface area contributed by atoms with E-state index in [0.717, 1.165) is 25.9 Å². The Hall–Kier alpha value is -2.53. The molecule has 5 heterocycles. The number of carbonyl (C=O) groups excluding carboxylic acids is 2. The highest BCUT2D eigenvalue weighted by molar-refractivity contribution is 7.08. The third kappa shape index (κ3) is 4.68. The Bertz CT molecular complexity index is 1100. The monoisotopic (exact) mass is 547 g/mol. The molecule has 2 aromatic heterocycles. The Balaban J connectivity index is 0.00000274. The van der Waals surface area contributed by atoms with Crippen LogP contribution in [0.4, 0.5) is 5.82 Å². The minimum Gasteiger partial charge on any atom is -1.00 e. The van der Waals surface area contributed by atoms with Gasteiger partial charge in [0, 0.05) is 30.4 Å². The molecule has 8 nitrogen and oxygen atoms in total. The molecular weight excluding hydrogens is 522 g/mol. The van der Waals surface area contributed by atoms with Crippen molar-refractivity contribution in [1.29, 1.82) is 0 Å². The number of amides is 1. The minimum atomic E-state index is -1.87. The fraction of sp³-hybridized carbons (Fsp3) is 0.375. The summed E-state index contributed by atoms with van der Waals surface area (Å²) in [5.41, 5.74) is -0.894. The number of carbonyl (C=O) groups is 2. The van der Waals surface area contributed by atoms with Crippen LogP contribution in [-0.2, 0) is 19.9 Å². The number of halogens is 1. The fourth-order valence-corrected chi connectivity index (χ4v) is 5.82. The second kappa shape index (κ2) is 9.99. The molecule has 34 heavy (non-hydrogen) atoms. The summed E-state index contributed by atoms with van der Waals surface area (Å²) in [6.07, 6.45) is 2.80. The molecule has 2 N–H and O–H groups in total. The Morgan fingerprint density at radius 2 is 1.94 bits per heavy atom. The first-order valence-electron chi connectivity index (χ1n) is 11.1. The van der Waals surface area contributed by atoms with Gasteiger partial charge in [0.05, 0.1) is 13.1 Å². The van der Waals surface area contributed by atoms with Crippen molar-refractivity contribution in [2.75, 3.05) is 31.5 Å². The molecule has 1 amide bonds. The van der Waals surface area contributed by atoms with E-state index in [1.54, 1.807) is 41.8 Å². The maximum atomic E-state index is 13.5. The average molecular weight is 548 g/mol. The van der Waals surface area contributed by atoms with Gasteiger partial charge >= 0.3 is 5.97 Å². The maximum Gasteiger partial charge on any atom is 0.348 e. The summed E-state index contributed by atoms with van der Waals surface area (Å²) >= 11 is 1.42. The van der Waals surface area contributed by atoms with Crippen molar-refractivity contribution in [3.05, 3.63) is 70.6 Å². The molecule has 0 radical (unpaired) electrons. The number of hydrogen-bond donors (Lipinski definition) is 2. The van der Waals surface area contributed by atoms with Gasteiger partial charge in [-0.2, -0.15) is 11.3 Å². The second-order valence-corrected chi connectivity index (χ2v) is 9.71. The summed E-state index contributed by atoms with van der Waals surface area (Å²) < 4.78 is 11.4. The zero-order valence-electron chi connectivity index (χ0n) is 18.4. The molecule has 1 aromatic carbocycles. The van der Waals surface area contributed by atoms with E-state index in [1.165, 1.54) is 17.6 Å². The Morgan fingerprint density at radius 3 is 2.59 bits per heavy atom. The Labute approximate surface area is 211 Å². The van der Waals surface area contributed by atoms with Gasteiger partial charge in [-0.15, -0.1) is 0 Å². The van der Waals surface area contributed by atoms with Crippen molar-refractivity contribution < 1.29 is 45.4 Å². The molecule has 180 valence electrons. The SMILES string of the molecule is O=C(C[N+]12CCC(CC1)[C@@H](OC(=O)C(O)(c1ccccc1)c1ccsc1)C2)Nc1ccon1.[Br-]. The van der Waals surface area contributed by atoms with Crippen molar-refractivity contribution in [3.63, 3.8) is 0 Å². The number of benzene rings is 1. The van der Waals surface area contributed by atoms with E-state index < -0.39 is 11.6 Å². The molecule has 2 bridgehead atoms. The Morgan fingerprint density at radius 1 is 1.18 bits per heavy atom. The summed E-state index contributed by atoms with van der Waals surface area (Å²) in [4.78, 5) is 26.1. The van der Waals surface area contributed by atoms with E-state index in [1.807, 2.05) is 11.4 Å². The van der Waals surface area contributed by atoms with Crippen LogP contribution in [0.1, 0.15) is 24.0 Å². The molecule has 6 rings (SSSR count). The summed E-state index contributed by atoms with van der Waals surface area (Å²) in [6.45, 7) is 2.55. The van der Waals surface area contributed by atoms with Crippen LogP contribution < -0.4 is 22.3 Å². The van der Waals surface area contributed by atoms with Crippen LogP contribution in [0, 0.1) is 5.92 Å². The van der Waals surface area contributed by atoms with Crippen LogP contribution in [0.5, 0.6) is 0 Å². The zero-order valence-corrected chi connectivity index (χ0v) is 20.8. The lowest BCUT2D eigenvalue weighted by Crippen LogP contribution is -3.00. The molecule has 3 aliphatic heterocycles. The van der Waals surface area contributed by atoms with E-state index in [0.29, 0.717) is 28.0 Å². The molecule has 3 aromatic rings. The lowest BCUT2D eigenvalue weighted by Gasteiger charge is -2.51. The summed E-state index contributed by atoms with van der Waals surface area (Å²) in [5.74, 6) is -0.198. The highest BCUT2D eigenvalue weighted by Crippen LogP contribution is 2.38. The van der Waals surface area contributed by atoms with Crippen molar-refractivity contribution >= 4 is 29.0 Å². The van der Waals surface area contributed by atoms with Crippen molar-refractivity contribution in [2.45, 2.75) is 24.5 Å². The number of hydrogen-bond acceptors (Lipinski definition) is 7. The maximum absolute atomic E-state index is 13.5. The van der Waals surface area contributed by atoms with Gasteiger partial charge in [-0.25, -0.2) is 4.79 Å². The second-order valence-electron chi connectivity index (χ2n) is 8.93. The molecule has 3 saturated heterocycles. The van der Waals surface area contributed by atoms with E-state index in [-0.39, 0.29) is 41.5 Å². The van der Waals surface area contributed by atoms with Crippen molar-refractivity contribution in [3.8, 4) is 0 Å². The van der Waals surface area contributed by atoms with E-state index in [9.17, 15) is 14.7 Å². The van der Waals surface area contributed by atoms with Crippen LogP contribution in [0.15, 0.2) is 64.0 Å². The van der Waals surface area contributed by atoms with Crippen LogP contribution in [0.2, 0.25) is 0 Å². The number of fused-ring (bicyclic) bond motifs is 3. The van der Waals surface area contributed by atoms with Gasteiger partial charge in [-0.05, 0) is 22.4 Å². The molecule has 3 aliphatic rings. The smallest absolute Gasteiger partial charge is 0.348 e. The molecule has 0 saturated carbocycles. The molecule has 3 fully saturated rings. The van der Waals surface area contributed by atoms with Crippen LogP contribution in [0.25, 0.3) is 0 Å². The van der Waals surface area contributed by atoms with E-state index in [4.69, 9.17) is 9.26 Å². The number of thiophene rings is 1. The van der Waals surface area contributed by atoms with E-state index >= 15 is 0 Å². The first kappa shape index (κ1) is 24.6. The van der Waals surface area contributed by atoms with Gasteiger partial charge in [0.15, 0.2) is 18.5 Å². The fourth-order valence-electron chi connectivity index (χ4n) is 5.12. The van der Waals surface area contributed by atoms with Crippen LogP contribution in [-0.4, -0.2) is 58.9 Å². The standard InChI is InChI=1S/C24H25N3O5S.BrH/c28-22(25-21-8-12-31-26-21)15-27-10-6-17(7-11-27)20(14-27)32-23(29)24(30,19-9-13-33-16-19)18-4-2-1-3-5-18;/h1-5,8-9,12-13,16-17,20,30H,6-7,10-11,14-15H2;1H/t17?,20-,24?,27?;/m0./s1. The normalized spacial score (nSPS) is 25.1. The quantitative estimate of drug-likeness (QED) is 0.313. The third-order valence-electron chi connectivity index (χ3n) is 6.91. The average Bonchev–Trinajstić information content (AvgIpc) is 3.54. The number of piperidine rings is 3. The van der Waals surface area contributed by atoms with E-state index in [2.05, 4.69) is 10.5 Å². The lowest BCUT2D eigenvalue weighted by molar-refractivity contribution is -0.939. The molecular formula is C24H26BrN3O5S. The highest BCUT2D eigenvalue weighted by Gasteiger charge is 2.51. The van der Waals surface area contributed by atoms with Gasteiger partial charge in [0.2, 0.25) is 5.60 Å². The van der Waals surface area contributed by atoms with Gasteiger partial charge < -0.3 is 41.1 Å². The lowest BCUT2D eigenvalue weighted by atomic mass is 9.82. The molecule has 1 unspecified atom stereocenters. The number of rotatable bonds is 7. The number of aliphatic hydroxyl groups is 1. The number of nitrogens with zero attached hydrogens (tertiary/aromatic N) is 2. The molecule has 10 heteroatoms. The first-order chi connectivity index (χ1) is 16.0. The summed E-state index contributed by atoms with van der Waals surface area (Å²) in [6, 6.07) is 12.2. The van der Waals surface area contributed by atoms with Crippen LogP contribution in [0.3, 0.4) is 0 Å². The Kier molecular flexibility index (Phi) is 7.22. The van der Waals surface area contributed by atoms with Gasteiger partial charge in [-0.3, -0.25) is 4.79 Å². The molecule has 0 aliphatic carbocycles. The number of esters is 1. The molecule has 2 atom stereocenters. The van der Waals surface area contributed by atoms with Crippen molar-refractivity contribution in [2.24, 2.45) is 5.92 Å². The van der Waals surface area contributed by atoms with Crippen molar-refractivity contribution in [1.82, 2.24) is 5.16 Å². The largest absolute Gasteiger partial charge is 1.00 e. The number of nitrogens with one attached hydrogen (secondary N) is 1. The summed E-state index contributed by atoms with van der Waals surface area (Å²) in [7, 11) is 0. The van der Waals surface area contributed by atoms with Gasteiger partial charge in [0.25, 0.3) is 5.91 Å². The predicted octanol–water partition coefficient (Wildman–Crippen LogP) is -0.233. The molecule has 0 spiro atoms. The third-order valence-corrected chi connectivity index (χ3v) is 7.59. The number of ether oxygens (including phenoxy) is 1. The zero-order chi connectivity index (χ0) is 22.9.